The van der Waals surface area contributed by atoms with Gasteiger partial charge < -0.3 is 19.7 Å². The van der Waals surface area contributed by atoms with Gasteiger partial charge in [0.2, 0.25) is 5.91 Å². The number of hydrogen-bond donors (Lipinski definition) is 1. The number of ether oxygens (including phenoxy) is 2. The van der Waals surface area contributed by atoms with Crippen molar-refractivity contribution in [3.05, 3.63) is 59.1 Å². The van der Waals surface area contributed by atoms with E-state index in [0.717, 1.165) is 31.2 Å². The number of hydrogen-bond acceptors (Lipinski definition) is 4. The van der Waals surface area contributed by atoms with Crippen molar-refractivity contribution in [2.75, 3.05) is 13.7 Å². The van der Waals surface area contributed by atoms with Crippen molar-refractivity contribution in [3.8, 4) is 11.5 Å². The third kappa shape index (κ3) is 6.63. The Bertz CT molecular complexity index is 914. The molecule has 0 unspecified atom stereocenters. The zero-order valence-corrected chi connectivity index (χ0v) is 19.4. The summed E-state index contributed by atoms with van der Waals surface area (Å²) in [5.74, 6) is 0.585. The predicted octanol–water partition coefficient (Wildman–Crippen LogP) is 4.59. The number of benzene rings is 2. The minimum absolute atomic E-state index is 0.149. The van der Waals surface area contributed by atoms with Gasteiger partial charge in [-0.15, -0.1) is 0 Å². The van der Waals surface area contributed by atoms with Crippen LogP contribution in [0.15, 0.2) is 48.5 Å². The summed E-state index contributed by atoms with van der Waals surface area (Å²) < 4.78 is 11.0. The molecule has 1 atom stereocenters. The Kier molecular flexibility index (Phi) is 8.80. The molecule has 0 saturated heterocycles. The summed E-state index contributed by atoms with van der Waals surface area (Å²) in [6.45, 7) is 1.81. The average molecular weight is 459 g/mol. The standard InChI is InChI=1S/C25H31ClN2O4/c1-18(25(30)27-21-11-4-3-5-12-21)28(16-19-9-8-10-20(26)15-19)24(29)17-32-23-14-7-6-13-22(23)31-2/h6-10,13-15,18,21H,3-5,11-12,16-17H2,1-2H3,(H,27,30)/t18-/m0/s1. The number of para-hydroxylation sites is 2. The maximum Gasteiger partial charge on any atom is 0.261 e. The van der Waals surface area contributed by atoms with E-state index in [4.69, 9.17) is 21.1 Å². The molecule has 1 fully saturated rings. The molecule has 0 aromatic heterocycles. The smallest absolute Gasteiger partial charge is 0.261 e. The van der Waals surface area contributed by atoms with Crippen molar-refractivity contribution in [1.82, 2.24) is 10.2 Å². The van der Waals surface area contributed by atoms with Gasteiger partial charge in [0.25, 0.3) is 5.91 Å². The summed E-state index contributed by atoms with van der Waals surface area (Å²) in [4.78, 5) is 27.7. The van der Waals surface area contributed by atoms with E-state index < -0.39 is 6.04 Å². The van der Waals surface area contributed by atoms with E-state index in [2.05, 4.69) is 5.32 Å². The minimum atomic E-state index is -0.648. The highest BCUT2D eigenvalue weighted by molar-refractivity contribution is 6.30. The molecule has 0 heterocycles. The first-order valence-electron chi connectivity index (χ1n) is 11.1. The lowest BCUT2D eigenvalue weighted by Crippen LogP contribution is -2.51. The molecule has 6 nitrogen and oxygen atoms in total. The van der Waals surface area contributed by atoms with Crippen LogP contribution in [-0.4, -0.2) is 42.5 Å². The van der Waals surface area contributed by atoms with Crippen molar-refractivity contribution < 1.29 is 19.1 Å². The molecule has 172 valence electrons. The van der Waals surface area contributed by atoms with Crippen molar-refractivity contribution in [2.45, 2.75) is 57.7 Å². The summed E-state index contributed by atoms with van der Waals surface area (Å²) in [5, 5.41) is 3.71. The molecule has 2 aromatic rings. The number of carbonyl (C=O) groups is 2. The predicted molar refractivity (Wildman–Crippen MR) is 125 cm³/mol. The second-order valence-corrected chi connectivity index (χ2v) is 8.55. The third-order valence-electron chi connectivity index (χ3n) is 5.78. The second kappa shape index (κ2) is 11.8. The van der Waals surface area contributed by atoms with Crippen LogP contribution in [0.1, 0.15) is 44.6 Å². The first kappa shape index (κ1) is 23.9. The van der Waals surface area contributed by atoms with Crippen molar-refractivity contribution in [2.24, 2.45) is 0 Å². The van der Waals surface area contributed by atoms with Gasteiger partial charge in [-0.3, -0.25) is 9.59 Å². The Labute approximate surface area is 194 Å². The molecule has 1 N–H and O–H groups in total. The molecule has 0 radical (unpaired) electrons. The molecule has 1 aliphatic carbocycles. The molecule has 0 spiro atoms. The van der Waals surface area contributed by atoms with Gasteiger partial charge in [0.05, 0.1) is 7.11 Å². The third-order valence-corrected chi connectivity index (χ3v) is 6.02. The maximum atomic E-state index is 13.2. The van der Waals surface area contributed by atoms with Crippen molar-refractivity contribution >= 4 is 23.4 Å². The molecular weight excluding hydrogens is 428 g/mol. The summed E-state index contributed by atoms with van der Waals surface area (Å²) in [6.07, 6.45) is 5.42. The van der Waals surface area contributed by atoms with Gasteiger partial charge in [-0.1, -0.05) is 55.1 Å². The van der Waals surface area contributed by atoms with E-state index >= 15 is 0 Å². The fraction of sp³-hybridized carbons (Fsp3) is 0.440. The Morgan fingerprint density at radius 1 is 1.09 bits per heavy atom. The normalized spacial score (nSPS) is 15.0. The minimum Gasteiger partial charge on any atom is -0.493 e. The van der Waals surface area contributed by atoms with Crippen LogP contribution < -0.4 is 14.8 Å². The van der Waals surface area contributed by atoms with Crippen LogP contribution >= 0.6 is 11.6 Å². The van der Waals surface area contributed by atoms with Crippen LogP contribution in [0.2, 0.25) is 5.02 Å². The molecule has 2 amide bonds. The zero-order chi connectivity index (χ0) is 22.9. The van der Waals surface area contributed by atoms with Crippen LogP contribution in [0.25, 0.3) is 0 Å². The number of amides is 2. The van der Waals surface area contributed by atoms with Gasteiger partial charge in [-0.2, -0.15) is 0 Å². The van der Waals surface area contributed by atoms with Gasteiger partial charge in [0.1, 0.15) is 6.04 Å². The molecule has 32 heavy (non-hydrogen) atoms. The average Bonchev–Trinajstić information content (AvgIpc) is 2.81. The summed E-state index contributed by atoms with van der Waals surface area (Å²) in [6, 6.07) is 14.0. The number of methoxy groups -OCH3 is 1. The SMILES string of the molecule is COc1ccccc1OCC(=O)N(Cc1cccc(Cl)c1)[C@@H](C)C(=O)NC1CCCCC1. The largest absolute Gasteiger partial charge is 0.493 e. The topological polar surface area (TPSA) is 67.9 Å². The number of rotatable bonds is 9. The van der Waals surface area contributed by atoms with Crippen molar-refractivity contribution in [1.29, 1.82) is 0 Å². The van der Waals surface area contributed by atoms with E-state index in [1.54, 1.807) is 43.2 Å². The zero-order valence-electron chi connectivity index (χ0n) is 18.7. The Balaban J connectivity index is 1.72. The van der Waals surface area contributed by atoms with Gasteiger partial charge in [0, 0.05) is 17.6 Å². The summed E-state index contributed by atoms with van der Waals surface area (Å²) >= 11 is 6.13. The summed E-state index contributed by atoms with van der Waals surface area (Å²) in [5.41, 5.74) is 0.848. The number of nitrogens with zero attached hydrogens (tertiary/aromatic N) is 1. The quantitative estimate of drug-likeness (QED) is 0.596. The van der Waals surface area contributed by atoms with E-state index in [1.165, 1.54) is 6.42 Å². The van der Waals surface area contributed by atoms with Gasteiger partial charge in [0.15, 0.2) is 18.1 Å². The molecule has 0 bridgehead atoms. The highest BCUT2D eigenvalue weighted by atomic mass is 35.5. The van der Waals surface area contributed by atoms with Crippen LogP contribution in [-0.2, 0) is 16.1 Å². The number of nitrogens with one attached hydrogen (secondary N) is 1. The Morgan fingerprint density at radius 3 is 2.50 bits per heavy atom. The lowest BCUT2D eigenvalue weighted by Gasteiger charge is -2.31. The Hall–Kier alpha value is -2.73. The monoisotopic (exact) mass is 458 g/mol. The van der Waals surface area contributed by atoms with Crippen LogP contribution in [0, 0.1) is 0 Å². The first-order chi connectivity index (χ1) is 15.5. The second-order valence-electron chi connectivity index (χ2n) is 8.11. The van der Waals surface area contributed by atoms with Crippen LogP contribution in [0.3, 0.4) is 0 Å². The molecule has 1 aliphatic rings. The fourth-order valence-corrected chi connectivity index (χ4v) is 4.16. The maximum absolute atomic E-state index is 13.2. The van der Waals surface area contributed by atoms with E-state index in [9.17, 15) is 9.59 Å². The van der Waals surface area contributed by atoms with E-state index in [-0.39, 0.29) is 31.0 Å². The number of halogens is 1. The first-order valence-corrected chi connectivity index (χ1v) is 11.5. The molecule has 0 aliphatic heterocycles. The molecule has 7 heteroatoms. The fourth-order valence-electron chi connectivity index (χ4n) is 3.94. The highest BCUT2D eigenvalue weighted by Gasteiger charge is 2.28. The highest BCUT2D eigenvalue weighted by Crippen LogP contribution is 2.26. The van der Waals surface area contributed by atoms with E-state index in [1.807, 2.05) is 24.3 Å². The molecule has 3 rings (SSSR count). The van der Waals surface area contributed by atoms with Crippen LogP contribution in [0.5, 0.6) is 11.5 Å². The lowest BCUT2D eigenvalue weighted by atomic mass is 9.95. The van der Waals surface area contributed by atoms with Crippen LogP contribution in [0.4, 0.5) is 0 Å². The van der Waals surface area contributed by atoms with Gasteiger partial charge in [-0.25, -0.2) is 0 Å². The van der Waals surface area contributed by atoms with Gasteiger partial charge in [-0.05, 0) is 49.6 Å². The van der Waals surface area contributed by atoms with Crippen molar-refractivity contribution in [3.63, 3.8) is 0 Å². The number of carbonyl (C=O) groups excluding carboxylic acids is 2. The lowest BCUT2D eigenvalue weighted by molar-refractivity contribution is -0.142. The van der Waals surface area contributed by atoms with E-state index in [0.29, 0.717) is 16.5 Å². The molecule has 1 saturated carbocycles. The molecular formula is C25H31ClN2O4. The van der Waals surface area contributed by atoms with Gasteiger partial charge >= 0.3 is 0 Å². The molecule has 2 aromatic carbocycles. The Morgan fingerprint density at radius 2 is 1.81 bits per heavy atom. The summed E-state index contributed by atoms with van der Waals surface area (Å²) in [7, 11) is 1.55.